The van der Waals surface area contributed by atoms with Crippen LogP contribution < -0.4 is 33.2 Å². The van der Waals surface area contributed by atoms with Gasteiger partial charge < -0.3 is 48.5 Å². The topological polar surface area (TPSA) is 260 Å². The zero-order chi connectivity index (χ0) is 31.9. The second-order valence-corrected chi connectivity index (χ2v) is 10.2. The molecular formula is C29H40N6O8. The molecule has 0 radical (unpaired) electrons. The number of phenolic OH excluding ortho intramolecular Hbond substituents is 2. The van der Waals surface area contributed by atoms with Crippen LogP contribution in [0, 0.1) is 0 Å². The monoisotopic (exact) mass is 600 g/mol. The summed E-state index contributed by atoms with van der Waals surface area (Å²) in [6, 6.07) is 6.94. The summed E-state index contributed by atoms with van der Waals surface area (Å²) >= 11 is 0. The quantitative estimate of drug-likeness (QED) is 0.0956. The maximum atomic E-state index is 13.5. The van der Waals surface area contributed by atoms with Crippen molar-refractivity contribution in [3.05, 3.63) is 59.7 Å². The number of hydrogen-bond donors (Lipinski definition) is 9. The SMILES string of the molecule is NCCCCC(NC(=O)C(Cc1ccc(O)cc1)NC(=O)C(N)CCC(N)=O)C(=O)NC(Cc1ccc(O)cc1)C(=O)O. The highest BCUT2D eigenvalue weighted by Crippen LogP contribution is 2.14. The van der Waals surface area contributed by atoms with Crippen molar-refractivity contribution in [3.63, 3.8) is 0 Å². The summed E-state index contributed by atoms with van der Waals surface area (Å²) in [6.07, 6.45) is 0.829. The van der Waals surface area contributed by atoms with E-state index in [0.29, 0.717) is 30.5 Å². The minimum Gasteiger partial charge on any atom is -0.508 e. The molecule has 0 saturated carbocycles. The van der Waals surface area contributed by atoms with Gasteiger partial charge in [0, 0.05) is 19.3 Å². The Morgan fingerprint density at radius 1 is 0.674 bits per heavy atom. The Balaban J connectivity index is 2.24. The molecule has 0 heterocycles. The predicted molar refractivity (Wildman–Crippen MR) is 156 cm³/mol. The van der Waals surface area contributed by atoms with E-state index in [0.717, 1.165) is 0 Å². The van der Waals surface area contributed by atoms with Crippen molar-refractivity contribution in [2.45, 2.75) is 69.1 Å². The zero-order valence-corrected chi connectivity index (χ0v) is 23.7. The summed E-state index contributed by atoms with van der Waals surface area (Å²) in [5.41, 5.74) is 17.7. The first-order valence-electron chi connectivity index (χ1n) is 13.8. The lowest BCUT2D eigenvalue weighted by atomic mass is 10.0. The molecule has 0 bridgehead atoms. The van der Waals surface area contributed by atoms with E-state index in [-0.39, 0.29) is 43.6 Å². The summed E-state index contributed by atoms with van der Waals surface area (Å²) in [5.74, 6) is -4.13. The van der Waals surface area contributed by atoms with Gasteiger partial charge in [-0.1, -0.05) is 24.3 Å². The molecule has 0 aliphatic carbocycles. The van der Waals surface area contributed by atoms with Gasteiger partial charge in [-0.15, -0.1) is 0 Å². The maximum Gasteiger partial charge on any atom is 0.326 e. The summed E-state index contributed by atoms with van der Waals surface area (Å²) < 4.78 is 0. The number of carbonyl (C=O) groups excluding carboxylic acids is 4. The number of benzene rings is 2. The molecule has 2 rings (SSSR count). The molecule has 4 unspecified atom stereocenters. The van der Waals surface area contributed by atoms with Crippen molar-refractivity contribution in [2.75, 3.05) is 6.54 Å². The first-order valence-corrected chi connectivity index (χ1v) is 13.8. The predicted octanol–water partition coefficient (Wildman–Crippen LogP) is -0.856. The lowest BCUT2D eigenvalue weighted by Crippen LogP contribution is -2.57. The lowest BCUT2D eigenvalue weighted by molar-refractivity contribution is -0.142. The van der Waals surface area contributed by atoms with E-state index in [1.807, 2.05) is 0 Å². The number of hydrogen-bond acceptors (Lipinski definition) is 9. The third kappa shape index (κ3) is 12.4. The van der Waals surface area contributed by atoms with Gasteiger partial charge in [0.05, 0.1) is 6.04 Å². The van der Waals surface area contributed by atoms with Gasteiger partial charge in [0.25, 0.3) is 0 Å². The van der Waals surface area contributed by atoms with Crippen LogP contribution in [0.3, 0.4) is 0 Å². The Kier molecular flexibility index (Phi) is 13.9. The van der Waals surface area contributed by atoms with Crippen LogP contribution in [0.25, 0.3) is 0 Å². The van der Waals surface area contributed by atoms with Crippen LogP contribution in [-0.4, -0.2) is 75.6 Å². The molecule has 0 aliphatic heterocycles. The number of nitrogens with two attached hydrogens (primary N) is 3. The highest BCUT2D eigenvalue weighted by Gasteiger charge is 2.30. The largest absolute Gasteiger partial charge is 0.508 e. The van der Waals surface area contributed by atoms with Gasteiger partial charge in [-0.3, -0.25) is 19.2 Å². The summed E-state index contributed by atoms with van der Waals surface area (Å²) in [5, 5.41) is 36.5. The van der Waals surface area contributed by atoms with Crippen LogP contribution >= 0.6 is 0 Å². The number of carboxylic acid groups (broad SMARTS) is 1. The summed E-state index contributed by atoms with van der Waals surface area (Å²) in [6.45, 7) is 0.337. The van der Waals surface area contributed by atoms with Crippen LogP contribution in [-0.2, 0) is 36.8 Å². The zero-order valence-electron chi connectivity index (χ0n) is 23.7. The minimum absolute atomic E-state index is 0.000751. The molecule has 0 saturated heterocycles. The molecule has 0 fully saturated rings. The number of phenols is 2. The van der Waals surface area contributed by atoms with Crippen LogP contribution in [0.2, 0.25) is 0 Å². The van der Waals surface area contributed by atoms with E-state index in [9.17, 15) is 39.3 Å². The molecule has 0 aromatic heterocycles. The maximum absolute atomic E-state index is 13.5. The fourth-order valence-corrected chi connectivity index (χ4v) is 4.16. The Labute approximate surface area is 249 Å². The van der Waals surface area contributed by atoms with Crippen molar-refractivity contribution >= 4 is 29.6 Å². The number of unbranched alkanes of at least 4 members (excludes halogenated alkanes) is 1. The number of nitrogens with one attached hydrogen (secondary N) is 3. The van der Waals surface area contributed by atoms with E-state index >= 15 is 0 Å². The van der Waals surface area contributed by atoms with Crippen molar-refractivity contribution in [1.82, 2.24) is 16.0 Å². The van der Waals surface area contributed by atoms with Crippen molar-refractivity contribution in [2.24, 2.45) is 17.2 Å². The Hall–Kier alpha value is -4.69. The van der Waals surface area contributed by atoms with Crippen LogP contribution in [0.4, 0.5) is 0 Å². The van der Waals surface area contributed by atoms with Crippen LogP contribution in [0.15, 0.2) is 48.5 Å². The molecule has 14 nitrogen and oxygen atoms in total. The molecule has 14 heteroatoms. The number of primary amides is 1. The molecule has 2 aromatic carbocycles. The first kappa shape index (κ1) is 34.5. The molecule has 12 N–H and O–H groups in total. The Bertz CT molecular complexity index is 1240. The molecule has 43 heavy (non-hydrogen) atoms. The van der Waals surface area contributed by atoms with E-state index in [4.69, 9.17) is 17.2 Å². The van der Waals surface area contributed by atoms with E-state index in [1.54, 1.807) is 12.1 Å². The van der Waals surface area contributed by atoms with Gasteiger partial charge >= 0.3 is 5.97 Å². The van der Waals surface area contributed by atoms with Gasteiger partial charge in [-0.25, -0.2) is 4.79 Å². The highest BCUT2D eigenvalue weighted by molar-refractivity contribution is 5.94. The average Bonchev–Trinajstić information content (AvgIpc) is 2.96. The van der Waals surface area contributed by atoms with Gasteiger partial charge in [0.2, 0.25) is 23.6 Å². The molecule has 4 amide bonds. The first-order chi connectivity index (χ1) is 20.4. The molecule has 0 aliphatic rings. The van der Waals surface area contributed by atoms with Gasteiger partial charge in [-0.2, -0.15) is 0 Å². The smallest absolute Gasteiger partial charge is 0.326 e. The van der Waals surface area contributed by atoms with Crippen molar-refractivity contribution in [3.8, 4) is 11.5 Å². The minimum atomic E-state index is -1.33. The van der Waals surface area contributed by atoms with Crippen LogP contribution in [0.5, 0.6) is 11.5 Å². The van der Waals surface area contributed by atoms with Crippen molar-refractivity contribution in [1.29, 1.82) is 0 Å². The molecule has 4 atom stereocenters. The fraction of sp³-hybridized carbons (Fsp3) is 0.414. The van der Waals surface area contributed by atoms with E-state index < -0.39 is 53.8 Å². The third-order valence-corrected chi connectivity index (χ3v) is 6.62. The van der Waals surface area contributed by atoms with E-state index in [1.165, 1.54) is 36.4 Å². The second kappa shape index (κ2) is 17.3. The number of aromatic hydroxyl groups is 2. The fourth-order valence-electron chi connectivity index (χ4n) is 4.16. The third-order valence-electron chi connectivity index (χ3n) is 6.62. The standard InChI is InChI=1S/C29H40N6O8/c30-14-2-1-3-22(27(40)35-24(29(42)43)16-18-6-10-20(37)11-7-18)33-28(41)23(15-17-4-8-19(36)9-5-17)34-26(39)21(31)12-13-25(32)38/h4-11,21-24,36-37H,1-3,12-16,30-31H2,(H2,32,38)(H,33,41)(H,34,39)(H,35,40)(H,42,43). The average molecular weight is 601 g/mol. The van der Waals surface area contributed by atoms with Crippen LogP contribution in [0.1, 0.15) is 43.2 Å². The summed E-state index contributed by atoms with van der Waals surface area (Å²) in [7, 11) is 0. The normalized spacial score (nSPS) is 13.6. The lowest BCUT2D eigenvalue weighted by Gasteiger charge is -2.25. The number of rotatable bonds is 18. The number of carbonyl (C=O) groups is 5. The molecule has 2 aromatic rings. The second-order valence-electron chi connectivity index (χ2n) is 10.2. The summed E-state index contributed by atoms with van der Waals surface area (Å²) in [4.78, 5) is 62.6. The van der Waals surface area contributed by atoms with Gasteiger partial charge in [0.15, 0.2) is 0 Å². The number of carboxylic acids is 1. The molecular weight excluding hydrogens is 560 g/mol. The number of aliphatic carboxylic acids is 1. The molecule has 0 spiro atoms. The van der Waals surface area contributed by atoms with Crippen molar-refractivity contribution < 1.29 is 39.3 Å². The Morgan fingerprint density at radius 2 is 1.14 bits per heavy atom. The van der Waals surface area contributed by atoms with E-state index in [2.05, 4.69) is 16.0 Å². The highest BCUT2D eigenvalue weighted by atomic mass is 16.4. The number of amides is 4. The Morgan fingerprint density at radius 3 is 1.63 bits per heavy atom. The van der Waals surface area contributed by atoms with Gasteiger partial charge in [0.1, 0.15) is 29.6 Å². The molecule has 234 valence electrons. The van der Waals surface area contributed by atoms with Gasteiger partial charge in [-0.05, 0) is 67.6 Å².